The maximum atomic E-state index is 13.7. The van der Waals surface area contributed by atoms with Crippen LogP contribution in [0, 0.1) is 5.92 Å². The van der Waals surface area contributed by atoms with Gasteiger partial charge in [0.25, 0.3) is 5.91 Å². The maximum Gasteiger partial charge on any atom is 0.273 e. The zero-order valence-corrected chi connectivity index (χ0v) is 14.0. The Labute approximate surface area is 145 Å². The number of ether oxygens (including phenoxy) is 1. The summed E-state index contributed by atoms with van der Waals surface area (Å²) in [7, 11) is 0. The second-order valence-electron chi connectivity index (χ2n) is 7.33. The quantitative estimate of drug-likeness (QED) is 0.850. The average molecular weight is 347 g/mol. The molecule has 0 aromatic carbocycles. The number of pyridine rings is 1. The number of aromatic nitrogens is 1. The van der Waals surface area contributed by atoms with Gasteiger partial charge in [-0.25, -0.2) is 9.37 Å². The third-order valence-corrected chi connectivity index (χ3v) is 5.12. The molecule has 2 atom stereocenters. The van der Waals surface area contributed by atoms with E-state index in [2.05, 4.69) is 4.98 Å². The summed E-state index contributed by atoms with van der Waals surface area (Å²) in [6.07, 6.45) is 3.26. The van der Waals surface area contributed by atoms with Crippen LogP contribution in [0.3, 0.4) is 0 Å². The fraction of sp³-hybridized carbons (Fsp3) is 0.611. The highest BCUT2D eigenvalue weighted by molar-refractivity contribution is 5.96. The van der Waals surface area contributed by atoms with Gasteiger partial charge in [-0.3, -0.25) is 9.59 Å². The SMILES string of the molecule is NC(=O)C1CC(F)CN1C(=O)c1ccc(C2CC2)c(OCC2CC2)n1. The fourth-order valence-electron chi connectivity index (χ4n) is 3.30. The van der Waals surface area contributed by atoms with Crippen LogP contribution in [0.25, 0.3) is 0 Å². The summed E-state index contributed by atoms with van der Waals surface area (Å²) in [4.78, 5) is 29.9. The highest BCUT2D eigenvalue weighted by atomic mass is 19.1. The van der Waals surface area contributed by atoms with Gasteiger partial charge in [0, 0.05) is 12.0 Å². The van der Waals surface area contributed by atoms with Crippen molar-refractivity contribution >= 4 is 11.8 Å². The van der Waals surface area contributed by atoms with Gasteiger partial charge < -0.3 is 15.4 Å². The molecule has 1 aromatic heterocycles. The van der Waals surface area contributed by atoms with E-state index in [0.717, 1.165) is 18.4 Å². The van der Waals surface area contributed by atoms with Gasteiger partial charge in [-0.15, -0.1) is 0 Å². The number of carbonyl (C=O) groups excluding carboxylic acids is 2. The van der Waals surface area contributed by atoms with Crippen molar-refractivity contribution in [3.05, 3.63) is 23.4 Å². The van der Waals surface area contributed by atoms with Gasteiger partial charge in [0.1, 0.15) is 17.9 Å². The van der Waals surface area contributed by atoms with Gasteiger partial charge >= 0.3 is 0 Å². The number of nitrogens with two attached hydrogens (primary N) is 1. The zero-order chi connectivity index (χ0) is 17.6. The van der Waals surface area contributed by atoms with Crippen molar-refractivity contribution in [3.63, 3.8) is 0 Å². The Kier molecular flexibility index (Phi) is 4.09. The first-order chi connectivity index (χ1) is 12.0. The second-order valence-corrected chi connectivity index (χ2v) is 7.33. The highest BCUT2D eigenvalue weighted by Gasteiger charge is 2.40. The molecule has 2 aliphatic carbocycles. The number of amides is 2. The number of halogens is 1. The summed E-state index contributed by atoms with van der Waals surface area (Å²) in [5, 5.41) is 0. The van der Waals surface area contributed by atoms with Crippen LogP contribution in [0.15, 0.2) is 12.1 Å². The molecule has 134 valence electrons. The highest BCUT2D eigenvalue weighted by Crippen LogP contribution is 2.44. The van der Waals surface area contributed by atoms with Crippen molar-refractivity contribution in [2.24, 2.45) is 11.7 Å². The molecule has 2 N–H and O–H groups in total. The molecule has 0 radical (unpaired) electrons. The molecule has 2 unspecified atom stereocenters. The first-order valence-electron chi connectivity index (χ1n) is 8.91. The Bertz CT molecular complexity index is 703. The van der Waals surface area contributed by atoms with E-state index in [1.807, 2.05) is 6.07 Å². The fourth-order valence-corrected chi connectivity index (χ4v) is 3.30. The summed E-state index contributed by atoms with van der Waals surface area (Å²) in [6.45, 7) is 0.487. The van der Waals surface area contributed by atoms with Crippen LogP contribution in [-0.2, 0) is 4.79 Å². The van der Waals surface area contributed by atoms with Crippen LogP contribution in [0.4, 0.5) is 4.39 Å². The van der Waals surface area contributed by atoms with Crippen LogP contribution >= 0.6 is 0 Å². The molecule has 6 nitrogen and oxygen atoms in total. The number of likely N-dealkylation sites (tertiary alicyclic amines) is 1. The number of carbonyl (C=O) groups is 2. The molecular formula is C18H22FN3O3. The Balaban J connectivity index is 1.57. The average Bonchev–Trinajstić information content (AvgIpc) is 3.50. The van der Waals surface area contributed by atoms with E-state index in [1.54, 1.807) is 6.07 Å². The molecule has 2 heterocycles. The lowest BCUT2D eigenvalue weighted by Crippen LogP contribution is -2.44. The molecule has 1 aromatic rings. The van der Waals surface area contributed by atoms with E-state index < -0.39 is 24.0 Å². The monoisotopic (exact) mass is 347 g/mol. The number of nitrogens with zero attached hydrogens (tertiary/aromatic N) is 2. The van der Waals surface area contributed by atoms with Crippen molar-refractivity contribution < 1.29 is 18.7 Å². The number of rotatable bonds is 6. The number of hydrogen-bond acceptors (Lipinski definition) is 4. The molecule has 0 bridgehead atoms. The molecule has 2 saturated carbocycles. The van der Waals surface area contributed by atoms with Crippen LogP contribution in [-0.4, -0.2) is 47.1 Å². The molecule has 3 fully saturated rings. The first-order valence-corrected chi connectivity index (χ1v) is 8.91. The van der Waals surface area contributed by atoms with Crippen molar-refractivity contribution in [3.8, 4) is 5.88 Å². The topological polar surface area (TPSA) is 85.5 Å². The first kappa shape index (κ1) is 16.3. The van der Waals surface area contributed by atoms with E-state index in [1.165, 1.54) is 17.7 Å². The zero-order valence-electron chi connectivity index (χ0n) is 14.0. The van der Waals surface area contributed by atoms with Crippen LogP contribution in [0.5, 0.6) is 5.88 Å². The smallest absolute Gasteiger partial charge is 0.273 e. The van der Waals surface area contributed by atoms with E-state index in [-0.39, 0.29) is 18.7 Å². The molecule has 4 rings (SSSR count). The summed E-state index contributed by atoms with van der Waals surface area (Å²) >= 11 is 0. The molecule has 3 aliphatic rings. The standard InChI is InChI=1S/C18H22FN3O3/c19-12-7-15(16(20)23)22(8-12)18(24)14-6-5-13(11-3-4-11)17(21-14)25-9-10-1-2-10/h5-6,10-12,15H,1-4,7-9H2,(H2,20,23). The molecule has 1 saturated heterocycles. The molecule has 7 heteroatoms. The number of hydrogen-bond donors (Lipinski definition) is 1. The summed E-state index contributed by atoms with van der Waals surface area (Å²) in [5.74, 6) is 0.382. The van der Waals surface area contributed by atoms with Gasteiger partial charge in [0.15, 0.2) is 0 Å². The lowest BCUT2D eigenvalue weighted by molar-refractivity contribution is -0.121. The van der Waals surface area contributed by atoms with Crippen LogP contribution in [0.1, 0.15) is 54.1 Å². The van der Waals surface area contributed by atoms with Gasteiger partial charge in [-0.1, -0.05) is 6.07 Å². The third-order valence-electron chi connectivity index (χ3n) is 5.12. The van der Waals surface area contributed by atoms with Crippen molar-refractivity contribution in [2.45, 2.75) is 50.2 Å². The van der Waals surface area contributed by atoms with Crippen LogP contribution in [0.2, 0.25) is 0 Å². The van der Waals surface area contributed by atoms with E-state index in [9.17, 15) is 14.0 Å². The predicted octanol–water partition coefficient (Wildman–Crippen LogP) is 1.79. The van der Waals surface area contributed by atoms with Gasteiger partial charge in [-0.2, -0.15) is 0 Å². The third kappa shape index (κ3) is 3.45. The lowest BCUT2D eigenvalue weighted by atomic mass is 10.1. The van der Waals surface area contributed by atoms with Crippen molar-refractivity contribution in [1.29, 1.82) is 0 Å². The minimum atomic E-state index is -1.24. The van der Waals surface area contributed by atoms with E-state index in [0.29, 0.717) is 24.3 Å². The Morgan fingerprint density at radius 2 is 2.04 bits per heavy atom. The van der Waals surface area contributed by atoms with Crippen molar-refractivity contribution in [2.75, 3.05) is 13.2 Å². The molecule has 25 heavy (non-hydrogen) atoms. The molecule has 1 aliphatic heterocycles. The Hall–Kier alpha value is -2.18. The lowest BCUT2D eigenvalue weighted by Gasteiger charge is -2.22. The molecule has 2 amide bonds. The van der Waals surface area contributed by atoms with Crippen LogP contribution < -0.4 is 10.5 Å². The minimum absolute atomic E-state index is 0.0493. The Morgan fingerprint density at radius 3 is 2.68 bits per heavy atom. The predicted molar refractivity (Wildman–Crippen MR) is 88.0 cm³/mol. The van der Waals surface area contributed by atoms with Gasteiger partial charge in [0.05, 0.1) is 13.2 Å². The normalized spacial score (nSPS) is 25.9. The number of alkyl halides is 1. The summed E-state index contributed by atoms with van der Waals surface area (Å²) in [5.41, 5.74) is 6.52. The van der Waals surface area contributed by atoms with Gasteiger partial charge in [0.2, 0.25) is 11.8 Å². The molecular weight excluding hydrogens is 325 g/mol. The largest absolute Gasteiger partial charge is 0.477 e. The number of primary amides is 1. The Morgan fingerprint density at radius 1 is 1.28 bits per heavy atom. The van der Waals surface area contributed by atoms with E-state index in [4.69, 9.17) is 10.5 Å². The maximum absolute atomic E-state index is 13.7. The van der Waals surface area contributed by atoms with Crippen molar-refractivity contribution in [1.82, 2.24) is 9.88 Å². The summed E-state index contributed by atoms with van der Waals surface area (Å²) in [6, 6.07) is 2.61. The van der Waals surface area contributed by atoms with E-state index >= 15 is 0 Å². The molecule has 0 spiro atoms. The summed E-state index contributed by atoms with van der Waals surface area (Å²) < 4.78 is 19.6. The second kappa shape index (κ2) is 6.28. The van der Waals surface area contributed by atoms with Gasteiger partial charge in [-0.05, 0) is 43.6 Å². The minimum Gasteiger partial charge on any atom is -0.477 e.